The SMILES string of the molecule is COCC(=O)Nc1cc(C(=O)N[C@@H](C)c2csc(C)n2)c2c(c1)nc(C1CCC1)n2C. The average molecular weight is 442 g/mol. The van der Waals surface area contributed by atoms with E-state index in [4.69, 9.17) is 9.72 Å². The first kappa shape index (κ1) is 21.5. The summed E-state index contributed by atoms with van der Waals surface area (Å²) in [6, 6.07) is 3.28. The van der Waals surface area contributed by atoms with Crippen LogP contribution in [-0.4, -0.2) is 40.1 Å². The van der Waals surface area contributed by atoms with Crippen molar-refractivity contribution in [2.24, 2.45) is 7.05 Å². The van der Waals surface area contributed by atoms with Gasteiger partial charge in [-0.3, -0.25) is 9.59 Å². The molecule has 3 aromatic rings. The lowest BCUT2D eigenvalue weighted by molar-refractivity contribution is -0.119. The fraction of sp³-hybridized carbons (Fsp3) is 0.455. The highest BCUT2D eigenvalue weighted by atomic mass is 32.1. The van der Waals surface area contributed by atoms with Crippen LogP contribution in [0.25, 0.3) is 11.0 Å². The van der Waals surface area contributed by atoms with E-state index in [1.807, 2.05) is 36.9 Å². The number of aryl methyl sites for hydroxylation is 2. The van der Waals surface area contributed by atoms with Gasteiger partial charge < -0.3 is 19.9 Å². The average Bonchev–Trinajstić information content (AvgIpc) is 3.24. The Bertz CT molecular complexity index is 1130. The minimum atomic E-state index is -0.283. The molecule has 4 rings (SSSR count). The van der Waals surface area contributed by atoms with E-state index in [1.165, 1.54) is 13.5 Å². The number of aromatic nitrogens is 3. The van der Waals surface area contributed by atoms with E-state index in [-0.39, 0.29) is 24.5 Å². The zero-order valence-electron chi connectivity index (χ0n) is 18.2. The number of hydrogen-bond donors (Lipinski definition) is 2. The van der Waals surface area contributed by atoms with Crippen molar-refractivity contribution in [2.45, 2.75) is 45.1 Å². The summed E-state index contributed by atoms with van der Waals surface area (Å²) >= 11 is 1.55. The number of hydrogen-bond acceptors (Lipinski definition) is 6. The number of amides is 2. The van der Waals surface area contributed by atoms with Crippen LogP contribution < -0.4 is 10.6 Å². The Morgan fingerprint density at radius 1 is 1.32 bits per heavy atom. The molecule has 9 heteroatoms. The van der Waals surface area contributed by atoms with Crippen molar-refractivity contribution in [1.82, 2.24) is 19.9 Å². The number of imidazole rings is 1. The molecule has 2 aromatic heterocycles. The third kappa shape index (κ3) is 4.33. The predicted octanol–water partition coefficient (Wildman–Crippen LogP) is 3.68. The van der Waals surface area contributed by atoms with Crippen molar-refractivity contribution < 1.29 is 14.3 Å². The Kier molecular flexibility index (Phi) is 6.06. The van der Waals surface area contributed by atoms with Gasteiger partial charge in [0.15, 0.2) is 0 Å². The lowest BCUT2D eigenvalue weighted by Gasteiger charge is -2.24. The number of rotatable bonds is 7. The van der Waals surface area contributed by atoms with E-state index >= 15 is 0 Å². The molecule has 0 spiro atoms. The number of methoxy groups -OCH3 is 1. The molecule has 1 atom stereocenters. The summed E-state index contributed by atoms with van der Waals surface area (Å²) in [5, 5.41) is 8.76. The lowest BCUT2D eigenvalue weighted by Crippen LogP contribution is -2.27. The van der Waals surface area contributed by atoms with Crippen LogP contribution in [0.3, 0.4) is 0 Å². The number of fused-ring (bicyclic) bond motifs is 1. The van der Waals surface area contributed by atoms with E-state index in [1.54, 1.807) is 17.4 Å². The molecule has 2 amide bonds. The van der Waals surface area contributed by atoms with Gasteiger partial charge in [-0.25, -0.2) is 9.97 Å². The molecule has 1 fully saturated rings. The molecule has 0 radical (unpaired) electrons. The van der Waals surface area contributed by atoms with Crippen LogP contribution in [0.1, 0.15) is 65.0 Å². The molecule has 0 unspecified atom stereocenters. The highest BCUT2D eigenvalue weighted by molar-refractivity contribution is 7.09. The summed E-state index contributed by atoms with van der Waals surface area (Å²) in [5.41, 5.74) is 3.30. The van der Waals surface area contributed by atoms with Crippen molar-refractivity contribution >= 4 is 39.9 Å². The van der Waals surface area contributed by atoms with Gasteiger partial charge in [-0.15, -0.1) is 11.3 Å². The highest BCUT2D eigenvalue weighted by Crippen LogP contribution is 2.38. The van der Waals surface area contributed by atoms with Crippen LogP contribution in [-0.2, 0) is 16.6 Å². The largest absolute Gasteiger partial charge is 0.375 e. The summed E-state index contributed by atoms with van der Waals surface area (Å²) in [5.74, 6) is 0.888. The van der Waals surface area contributed by atoms with Crippen LogP contribution in [0, 0.1) is 6.92 Å². The first-order valence-corrected chi connectivity index (χ1v) is 11.3. The number of ether oxygens (including phenoxy) is 1. The van der Waals surface area contributed by atoms with Gasteiger partial charge in [0.25, 0.3) is 5.91 Å². The Morgan fingerprint density at radius 3 is 2.71 bits per heavy atom. The number of nitrogens with zero attached hydrogens (tertiary/aromatic N) is 3. The predicted molar refractivity (Wildman–Crippen MR) is 121 cm³/mol. The standard InChI is InChI=1S/C22H27N5O3S/c1-12(18-11-31-13(2)24-18)23-22(29)16-8-15(25-19(28)10-30-4)9-17-20(16)27(3)21(26-17)14-6-5-7-14/h8-9,11-12,14H,5-7,10H2,1-4H3,(H,23,29)(H,25,28)/t12-/m0/s1. The second-order valence-electron chi connectivity index (χ2n) is 8.02. The monoisotopic (exact) mass is 441 g/mol. The van der Waals surface area contributed by atoms with Crippen LogP contribution in [0.5, 0.6) is 0 Å². The molecule has 0 aliphatic heterocycles. The number of carbonyl (C=O) groups excluding carboxylic acids is 2. The number of carbonyl (C=O) groups is 2. The van der Waals surface area contributed by atoms with Crippen LogP contribution in [0.4, 0.5) is 5.69 Å². The Labute approximate surface area is 185 Å². The van der Waals surface area contributed by atoms with Gasteiger partial charge in [0.05, 0.1) is 33.3 Å². The molecule has 1 saturated carbocycles. The van der Waals surface area contributed by atoms with E-state index in [2.05, 4.69) is 15.6 Å². The smallest absolute Gasteiger partial charge is 0.254 e. The molecule has 8 nitrogen and oxygen atoms in total. The van der Waals surface area contributed by atoms with Gasteiger partial charge in [-0.2, -0.15) is 0 Å². The number of benzene rings is 1. The molecule has 1 aliphatic rings. The van der Waals surface area contributed by atoms with Gasteiger partial charge in [0.1, 0.15) is 12.4 Å². The molecule has 0 saturated heterocycles. The fourth-order valence-electron chi connectivity index (χ4n) is 3.90. The van der Waals surface area contributed by atoms with E-state index < -0.39 is 0 Å². The molecule has 31 heavy (non-hydrogen) atoms. The number of anilines is 1. The van der Waals surface area contributed by atoms with Crippen molar-refractivity contribution in [2.75, 3.05) is 19.0 Å². The summed E-state index contributed by atoms with van der Waals surface area (Å²) in [6.07, 6.45) is 3.41. The minimum Gasteiger partial charge on any atom is -0.375 e. The third-order valence-electron chi connectivity index (χ3n) is 5.71. The lowest BCUT2D eigenvalue weighted by atomic mass is 9.85. The molecule has 2 N–H and O–H groups in total. The van der Waals surface area contributed by atoms with Gasteiger partial charge in [-0.1, -0.05) is 6.42 Å². The van der Waals surface area contributed by atoms with Gasteiger partial charge >= 0.3 is 0 Å². The van der Waals surface area contributed by atoms with Gasteiger partial charge in [-0.05, 0) is 38.8 Å². The number of nitrogens with one attached hydrogen (secondary N) is 2. The summed E-state index contributed by atoms with van der Waals surface area (Å²) < 4.78 is 6.92. The molecular formula is C22H27N5O3S. The van der Waals surface area contributed by atoms with Crippen molar-refractivity contribution in [3.8, 4) is 0 Å². The molecule has 1 aliphatic carbocycles. The molecule has 164 valence electrons. The van der Waals surface area contributed by atoms with Crippen molar-refractivity contribution in [1.29, 1.82) is 0 Å². The normalized spacial score (nSPS) is 15.0. The van der Waals surface area contributed by atoms with Gasteiger partial charge in [0.2, 0.25) is 5.91 Å². The Balaban J connectivity index is 1.72. The van der Waals surface area contributed by atoms with Crippen molar-refractivity contribution in [3.05, 3.63) is 39.6 Å². The Hall–Kier alpha value is -2.78. The van der Waals surface area contributed by atoms with E-state index in [9.17, 15) is 9.59 Å². The summed E-state index contributed by atoms with van der Waals surface area (Å²) in [4.78, 5) is 34.7. The minimum absolute atomic E-state index is 0.0602. The molecule has 2 heterocycles. The van der Waals surface area contributed by atoms with Gasteiger partial charge in [0, 0.05) is 31.1 Å². The maximum absolute atomic E-state index is 13.3. The summed E-state index contributed by atoms with van der Waals surface area (Å²) in [6.45, 7) is 3.79. The number of thiazole rings is 1. The second kappa shape index (κ2) is 8.76. The first-order chi connectivity index (χ1) is 14.9. The summed E-state index contributed by atoms with van der Waals surface area (Å²) in [7, 11) is 3.42. The van der Waals surface area contributed by atoms with E-state index in [0.717, 1.165) is 34.9 Å². The topological polar surface area (TPSA) is 98.1 Å². The zero-order valence-corrected chi connectivity index (χ0v) is 19.0. The molecular weight excluding hydrogens is 414 g/mol. The quantitative estimate of drug-likeness (QED) is 0.583. The van der Waals surface area contributed by atoms with E-state index in [0.29, 0.717) is 22.7 Å². The first-order valence-electron chi connectivity index (χ1n) is 10.4. The second-order valence-corrected chi connectivity index (χ2v) is 9.08. The maximum Gasteiger partial charge on any atom is 0.254 e. The van der Waals surface area contributed by atoms with Crippen molar-refractivity contribution in [3.63, 3.8) is 0 Å². The zero-order chi connectivity index (χ0) is 22.1. The van der Waals surface area contributed by atoms with Crippen LogP contribution in [0.2, 0.25) is 0 Å². The highest BCUT2D eigenvalue weighted by Gasteiger charge is 2.27. The maximum atomic E-state index is 13.3. The molecule has 1 aromatic carbocycles. The third-order valence-corrected chi connectivity index (χ3v) is 6.50. The fourth-order valence-corrected chi connectivity index (χ4v) is 4.61. The van der Waals surface area contributed by atoms with Crippen LogP contribution in [0.15, 0.2) is 17.5 Å². The molecule has 0 bridgehead atoms. The van der Waals surface area contributed by atoms with Crippen LogP contribution >= 0.6 is 11.3 Å². The Morgan fingerprint density at radius 2 is 2.10 bits per heavy atom.